The Balaban J connectivity index is 1.47. The summed E-state index contributed by atoms with van der Waals surface area (Å²) in [5.41, 5.74) is 6.94. The Bertz CT molecular complexity index is 1320. The van der Waals surface area contributed by atoms with E-state index in [0.717, 1.165) is 12.8 Å². The van der Waals surface area contributed by atoms with Crippen LogP contribution in [0.3, 0.4) is 0 Å². The van der Waals surface area contributed by atoms with E-state index in [-0.39, 0.29) is 23.9 Å². The summed E-state index contributed by atoms with van der Waals surface area (Å²) in [7, 11) is 1.56. The van der Waals surface area contributed by atoms with Gasteiger partial charge in [-0.05, 0) is 89.1 Å². The van der Waals surface area contributed by atoms with Gasteiger partial charge in [-0.2, -0.15) is 0 Å². The quantitative estimate of drug-likeness (QED) is 0.168. The van der Waals surface area contributed by atoms with Crippen LogP contribution in [0.15, 0.2) is 40.9 Å². The lowest BCUT2D eigenvalue weighted by molar-refractivity contribution is -0.117. The van der Waals surface area contributed by atoms with Crippen molar-refractivity contribution in [3.05, 3.63) is 42.0 Å². The van der Waals surface area contributed by atoms with E-state index in [9.17, 15) is 9.59 Å². The third-order valence-electron chi connectivity index (χ3n) is 6.44. The summed E-state index contributed by atoms with van der Waals surface area (Å²) >= 11 is 4.79. The molecular formula is C30H40N4O6S. The molecule has 3 rings (SSSR count). The van der Waals surface area contributed by atoms with Crippen LogP contribution in [0.5, 0.6) is 17.2 Å². The highest BCUT2D eigenvalue weighted by Gasteiger charge is 2.23. The van der Waals surface area contributed by atoms with Gasteiger partial charge in [-0.25, -0.2) is 0 Å². The van der Waals surface area contributed by atoms with Gasteiger partial charge in [-0.1, -0.05) is 17.4 Å². The molecule has 41 heavy (non-hydrogen) atoms. The molecule has 10 nitrogen and oxygen atoms in total. The van der Waals surface area contributed by atoms with Crippen LogP contribution in [-0.4, -0.2) is 65.7 Å². The number of unbranched alkanes of at least 4 members (excludes halogenated alkanes) is 1. The van der Waals surface area contributed by atoms with Crippen LogP contribution in [0.4, 0.5) is 5.82 Å². The van der Waals surface area contributed by atoms with Gasteiger partial charge in [0.05, 0.1) is 31.8 Å². The van der Waals surface area contributed by atoms with Gasteiger partial charge >= 0.3 is 0 Å². The maximum absolute atomic E-state index is 13.0. The number of aromatic nitrogens is 1. The predicted octanol–water partition coefficient (Wildman–Crippen LogP) is 5.38. The minimum absolute atomic E-state index is 0.0384. The van der Waals surface area contributed by atoms with E-state index in [1.165, 1.54) is 0 Å². The number of methoxy groups -OCH3 is 1. The molecule has 0 aliphatic heterocycles. The second kappa shape index (κ2) is 15.3. The van der Waals surface area contributed by atoms with Gasteiger partial charge < -0.3 is 34.7 Å². The minimum Gasteiger partial charge on any atom is -0.493 e. The number of rotatable bonds is 16. The van der Waals surface area contributed by atoms with Crippen molar-refractivity contribution in [2.75, 3.05) is 25.6 Å². The molecule has 0 aliphatic carbocycles. The minimum atomic E-state index is -0.678. The van der Waals surface area contributed by atoms with E-state index >= 15 is 0 Å². The van der Waals surface area contributed by atoms with E-state index in [1.807, 2.05) is 32.6 Å². The van der Waals surface area contributed by atoms with Gasteiger partial charge in [0.15, 0.2) is 22.9 Å². The molecule has 1 unspecified atom stereocenters. The average molecular weight is 585 g/mol. The first-order valence-electron chi connectivity index (χ1n) is 13.8. The number of hydrogen-bond acceptors (Lipinski definition) is 9. The number of nitrogens with two attached hydrogens (primary N) is 1. The van der Waals surface area contributed by atoms with Crippen LogP contribution in [0.2, 0.25) is 0 Å². The summed E-state index contributed by atoms with van der Waals surface area (Å²) in [6, 6.07) is 10.1. The Hall–Kier alpha value is -3.70. The number of benzene rings is 2. The van der Waals surface area contributed by atoms with Crippen LogP contribution >= 0.6 is 12.2 Å². The summed E-state index contributed by atoms with van der Waals surface area (Å²) in [4.78, 5) is 27.1. The lowest BCUT2D eigenvalue weighted by Gasteiger charge is -2.31. The zero-order valence-corrected chi connectivity index (χ0v) is 25.2. The lowest BCUT2D eigenvalue weighted by atomic mass is 10.1. The standard InChI is InChI=1S/C30H40N4O6S/c1-19(2)34(20(3)4)30(36)21-10-13-25(27(17-21)37-5)39-15-7-6-14-38-22-11-12-23-26(18-22)40-33-28(23)32-29(35)24(31)9-8-16-41/h10-13,16-20,24H,6-9,14-15,31H2,1-5H3,(H,32,33,35). The van der Waals surface area contributed by atoms with Crippen LogP contribution in [-0.2, 0) is 4.79 Å². The molecular weight excluding hydrogens is 544 g/mol. The fourth-order valence-electron chi connectivity index (χ4n) is 4.40. The third-order valence-corrected chi connectivity index (χ3v) is 6.68. The number of carbonyl (C=O) groups is 2. The van der Waals surface area contributed by atoms with Gasteiger partial charge in [0.1, 0.15) is 5.75 Å². The highest BCUT2D eigenvalue weighted by molar-refractivity contribution is 7.78. The average Bonchev–Trinajstić information content (AvgIpc) is 3.34. The van der Waals surface area contributed by atoms with Gasteiger partial charge in [-0.15, -0.1) is 0 Å². The van der Waals surface area contributed by atoms with E-state index < -0.39 is 6.04 Å². The van der Waals surface area contributed by atoms with Crippen molar-refractivity contribution in [3.8, 4) is 17.2 Å². The fourth-order valence-corrected chi connectivity index (χ4v) is 4.53. The molecule has 1 atom stereocenters. The highest BCUT2D eigenvalue weighted by atomic mass is 32.1. The number of fused-ring (bicyclic) bond motifs is 1. The maximum atomic E-state index is 13.0. The van der Waals surface area contributed by atoms with Crippen LogP contribution in [0.25, 0.3) is 11.0 Å². The SMILES string of the molecule is COc1cc(C(=O)N(C(C)C)C(C)C)ccc1OCCCCOc1ccc2c(NC(=O)C(N)CCC=S)noc2c1. The van der Waals surface area contributed by atoms with Gasteiger partial charge in [0.2, 0.25) is 5.91 Å². The number of anilines is 1. The van der Waals surface area contributed by atoms with Crippen LogP contribution < -0.4 is 25.3 Å². The first kappa shape index (κ1) is 31.8. The second-order valence-electron chi connectivity index (χ2n) is 10.2. The Kier molecular flexibility index (Phi) is 11.9. The maximum Gasteiger partial charge on any atom is 0.254 e. The third kappa shape index (κ3) is 8.64. The summed E-state index contributed by atoms with van der Waals surface area (Å²) in [5, 5.41) is 8.87. The van der Waals surface area contributed by atoms with Crippen molar-refractivity contribution in [2.24, 2.45) is 5.73 Å². The molecule has 0 saturated heterocycles. The van der Waals surface area contributed by atoms with E-state index in [2.05, 4.69) is 10.5 Å². The lowest BCUT2D eigenvalue weighted by Crippen LogP contribution is -2.42. The second-order valence-corrected chi connectivity index (χ2v) is 10.5. The molecule has 0 spiro atoms. The Labute approximate surface area is 246 Å². The zero-order valence-electron chi connectivity index (χ0n) is 24.3. The van der Waals surface area contributed by atoms with Crippen molar-refractivity contribution < 1.29 is 28.3 Å². The molecule has 0 saturated carbocycles. The molecule has 2 amide bonds. The normalized spacial score (nSPS) is 11.9. The first-order chi connectivity index (χ1) is 19.7. The topological polar surface area (TPSA) is 129 Å². The van der Waals surface area contributed by atoms with Crippen molar-refractivity contribution in [1.82, 2.24) is 10.1 Å². The number of thiocarbonyl (C=S) groups is 1. The number of ether oxygens (including phenoxy) is 3. The van der Waals surface area contributed by atoms with E-state index in [1.54, 1.807) is 48.9 Å². The smallest absolute Gasteiger partial charge is 0.254 e. The van der Waals surface area contributed by atoms with Crippen LogP contribution in [0.1, 0.15) is 63.7 Å². The molecule has 3 N–H and O–H groups in total. The van der Waals surface area contributed by atoms with Crippen LogP contribution in [0, 0.1) is 0 Å². The summed E-state index contributed by atoms with van der Waals surface area (Å²) in [6.07, 6.45) is 2.55. The highest BCUT2D eigenvalue weighted by Crippen LogP contribution is 2.30. The molecule has 0 bridgehead atoms. The molecule has 2 aromatic carbocycles. The largest absolute Gasteiger partial charge is 0.493 e. The molecule has 222 valence electrons. The van der Waals surface area contributed by atoms with Gasteiger partial charge in [-0.3, -0.25) is 9.59 Å². The monoisotopic (exact) mass is 584 g/mol. The molecule has 1 aromatic heterocycles. The molecule has 11 heteroatoms. The number of nitrogens with zero attached hydrogens (tertiary/aromatic N) is 2. The van der Waals surface area contributed by atoms with Crippen molar-refractivity contribution >= 4 is 46.2 Å². The molecule has 0 aliphatic rings. The number of amides is 2. The molecule has 0 radical (unpaired) electrons. The number of hydrogen-bond donors (Lipinski definition) is 2. The molecule has 0 fully saturated rings. The first-order valence-corrected chi connectivity index (χ1v) is 14.3. The Morgan fingerprint density at radius 2 is 1.76 bits per heavy atom. The van der Waals surface area contributed by atoms with E-state index in [0.29, 0.717) is 65.7 Å². The predicted molar refractivity (Wildman–Crippen MR) is 163 cm³/mol. The van der Waals surface area contributed by atoms with E-state index in [4.69, 9.17) is 36.7 Å². The summed E-state index contributed by atoms with van der Waals surface area (Å²) < 4.78 is 22.6. The molecule has 1 heterocycles. The molecule has 3 aromatic rings. The van der Waals surface area contributed by atoms with Gasteiger partial charge in [0, 0.05) is 23.7 Å². The number of nitrogens with one attached hydrogen (secondary N) is 1. The Morgan fingerprint density at radius 3 is 2.41 bits per heavy atom. The van der Waals surface area contributed by atoms with Crippen molar-refractivity contribution in [2.45, 2.75) is 71.5 Å². The van der Waals surface area contributed by atoms with Crippen molar-refractivity contribution in [3.63, 3.8) is 0 Å². The number of carbonyl (C=O) groups excluding carboxylic acids is 2. The summed E-state index contributed by atoms with van der Waals surface area (Å²) in [6.45, 7) is 8.96. The zero-order chi connectivity index (χ0) is 29.9. The van der Waals surface area contributed by atoms with Crippen molar-refractivity contribution in [1.29, 1.82) is 0 Å². The fraction of sp³-hybridized carbons (Fsp3) is 0.467. The van der Waals surface area contributed by atoms with Gasteiger partial charge in [0.25, 0.3) is 5.91 Å². The Morgan fingerprint density at radius 1 is 1.05 bits per heavy atom. The summed E-state index contributed by atoms with van der Waals surface area (Å²) in [5.74, 6) is 1.67.